The molecule has 2 aromatic rings. The fourth-order valence-electron chi connectivity index (χ4n) is 4.42. The fraction of sp³-hybridized carbons (Fsp3) is 0.500. The average Bonchev–Trinajstić information content (AvgIpc) is 2.73. The predicted octanol–water partition coefficient (Wildman–Crippen LogP) is 5.04. The lowest BCUT2D eigenvalue weighted by molar-refractivity contribution is -0.0835. The third kappa shape index (κ3) is 4.96. The minimum Gasteiger partial charge on any atom is -0.497 e. The topological polar surface area (TPSA) is 49.0 Å². The molecular formula is C24H33NO4. The Morgan fingerprint density at radius 1 is 0.931 bits per heavy atom. The molecule has 1 heterocycles. The standard InChI is InChI=1S/C24H33NO4/c1-23(2)17-24(13-15-29-23,18-6-9-20(26-3)10-7-18)12-14-25-19-8-11-21(27-4)22(16-19)28-5/h6-11,16,25H,12-15,17H2,1-5H3. The van der Waals surface area contributed by atoms with Gasteiger partial charge < -0.3 is 24.3 Å². The SMILES string of the molecule is COc1ccc(C2(CCNc3ccc(OC)c(OC)c3)CCOC(C)(C)C2)cc1. The van der Waals surface area contributed by atoms with Crippen LogP contribution in [0.5, 0.6) is 17.2 Å². The van der Waals surface area contributed by atoms with Crippen molar-refractivity contribution in [1.29, 1.82) is 0 Å². The molecule has 1 N–H and O–H groups in total. The molecule has 1 atom stereocenters. The number of benzene rings is 2. The highest BCUT2D eigenvalue weighted by Gasteiger charge is 2.41. The van der Waals surface area contributed by atoms with Crippen LogP contribution in [0.2, 0.25) is 0 Å². The van der Waals surface area contributed by atoms with Crippen molar-refractivity contribution in [1.82, 2.24) is 0 Å². The summed E-state index contributed by atoms with van der Waals surface area (Å²) < 4.78 is 22.1. The third-order valence-electron chi connectivity index (χ3n) is 5.86. The van der Waals surface area contributed by atoms with Crippen molar-refractivity contribution in [3.05, 3.63) is 48.0 Å². The molecule has 29 heavy (non-hydrogen) atoms. The van der Waals surface area contributed by atoms with Gasteiger partial charge in [-0.1, -0.05) is 12.1 Å². The average molecular weight is 400 g/mol. The number of rotatable bonds is 8. The molecule has 1 aliphatic rings. The number of methoxy groups -OCH3 is 3. The zero-order valence-electron chi connectivity index (χ0n) is 18.2. The van der Waals surface area contributed by atoms with Gasteiger partial charge in [-0.15, -0.1) is 0 Å². The molecule has 1 saturated heterocycles. The van der Waals surface area contributed by atoms with E-state index in [0.717, 1.165) is 55.4 Å². The van der Waals surface area contributed by atoms with Gasteiger partial charge in [0.2, 0.25) is 0 Å². The molecule has 0 bridgehead atoms. The maximum absolute atomic E-state index is 6.03. The summed E-state index contributed by atoms with van der Waals surface area (Å²) >= 11 is 0. The zero-order chi connectivity index (χ0) is 20.9. The Morgan fingerprint density at radius 2 is 1.66 bits per heavy atom. The van der Waals surface area contributed by atoms with Crippen LogP contribution in [0.15, 0.2) is 42.5 Å². The van der Waals surface area contributed by atoms with E-state index >= 15 is 0 Å². The Morgan fingerprint density at radius 3 is 2.28 bits per heavy atom. The van der Waals surface area contributed by atoms with Gasteiger partial charge in [0.15, 0.2) is 11.5 Å². The summed E-state index contributed by atoms with van der Waals surface area (Å²) in [5, 5.41) is 3.56. The van der Waals surface area contributed by atoms with Crippen molar-refractivity contribution < 1.29 is 18.9 Å². The highest BCUT2D eigenvalue weighted by atomic mass is 16.5. The van der Waals surface area contributed by atoms with Gasteiger partial charge in [0.25, 0.3) is 0 Å². The van der Waals surface area contributed by atoms with Crippen LogP contribution < -0.4 is 19.5 Å². The van der Waals surface area contributed by atoms with Crippen molar-refractivity contribution in [3.63, 3.8) is 0 Å². The van der Waals surface area contributed by atoms with Gasteiger partial charge in [-0.2, -0.15) is 0 Å². The van der Waals surface area contributed by atoms with Gasteiger partial charge in [0.05, 0.1) is 26.9 Å². The summed E-state index contributed by atoms with van der Waals surface area (Å²) in [6.07, 6.45) is 3.01. The van der Waals surface area contributed by atoms with Crippen LogP contribution in [0.4, 0.5) is 5.69 Å². The molecule has 1 aliphatic heterocycles. The molecule has 3 rings (SSSR count). The summed E-state index contributed by atoms with van der Waals surface area (Å²) in [5.74, 6) is 2.35. The first-order chi connectivity index (χ1) is 13.9. The van der Waals surface area contributed by atoms with Gasteiger partial charge in [0.1, 0.15) is 5.75 Å². The number of hydrogen-bond donors (Lipinski definition) is 1. The van der Waals surface area contributed by atoms with Crippen LogP contribution in [0, 0.1) is 0 Å². The Balaban J connectivity index is 1.77. The maximum atomic E-state index is 6.03. The number of nitrogens with one attached hydrogen (secondary N) is 1. The Labute approximate surface area is 174 Å². The normalized spacial score (nSPS) is 20.7. The van der Waals surface area contributed by atoms with Crippen molar-refractivity contribution in [2.45, 2.75) is 44.1 Å². The van der Waals surface area contributed by atoms with Crippen molar-refractivity contribution in [3.8, 4) is 17.2 Å². The molecule has 0 saturated carbocycles. The van der Waals surface area contributed by atoms with Crippen molar-refractivity contribution in [2.24, 2.45) is 0 Å². The molecule has 1 unspecified atom stereocenters. The molecule has 5 nitrogen and oxygen atoms in total. The molecule has 0 aromatic heterocycles. The third-order valence-corrected chi connectivity index (χ3v) is 5.86. The summed E-state index contributed by atoms with van der Waals surface area (Å²) in [4.78, 5) is 0. The smallest absolute Gasteiger partial charge is 0.162 e. The van der Waals surface area contributed by atoms with Crippen LogP contribution in [0.1, 0.15) is 38.7 Å². The molecule has 1 fully saturated rings. The summed E-state index contributed by atoms with van der Waals surface area (Å²) in [5.41, 5.74) is 2.31. The van der Waals surface area contributed by atoms with Crippen LogP contribution in [-0.2, 0) is 10.2 Å². The van der Waals surface area contributed by atoms with Gasteiger partial charge in [-0.3, -0.25) is 0 Å². The van der Waals surface area contributed by atoms with E-state index in [4.69, 9.17) is 18.9 Å². The number of hydrogen-bond acceptors (Lipinski definition) is 5. The number of anilines is 1. The first-order valence-electron chi connectivity index (χ1n) is 10.2. The van der Waals surface area contributed by atoms with Crippen LogP contribution in [0.25, 0.3) is 0 Å². The molecule has 0 radical (unpaired) electrons. The van der Waals surface area contributed by atoms with E-state index in [0.29, 0.717) is 0 Å². The first kappa shape index (κ1) is 21.3. The molecule has 158 valence electrons. The number of ether oxygens (including phenoxy) is 4. The minimum absolute atomic E-state index is 0.0670. The minimum atomic E-state index is -0.137. The lowest BCUT2D eigenvalue weighted by atomic mass is 9.67. The molecule has 0 aliphatic carbocycles. The monoisotopic (exact) mass is 399 g/mol. The van der Waals surface area contributed by atoms with Crippen LogP contribution in [0.3, 0.4) is 0 Å². The largest absolute Gasteiger partial charge is 0.497 e. The summed E-state index contributed by atoms with van der Waals surface area (Å²) in [6, 6.07) is 14.5. The van der Waals surface area contributed by atoms with E-state index in [1.165, 1.54) is 5.56 Å². The lowest BCUT2D eigenvalue weighted by Crippen LogP contribution is -2.44. The summed E-state index contributed by atoms with van der Waals surface area (Å²) in [6.45, 7) is 6.01. The van der Waals surface area contributed by atoms with Gasteiger partial charge in [0, 0.05) is 30.3 Å². The molecule has 2 aromatic carbocycles. The van der Waals surface area contributed by atoms with Gasteiger partial charge in [-0.25, -0.2) is 0 Å². The zero-order valence-corrected chi connectivity index (χ0v) is 18.2. The molecular weight excluding hydrogens is 366 g/mol. The first-order valence-corrected chi connectivity index (χ1v) is 10.2. The highest BCUT2D eigenvalue weighted by Crippen LogP contribution is 2.44. The van der Waals surface area contributed by atoms with Crippen molar-refractivity contribution >= 4 is 5.69 Å². The lowest BCUT2D eigenvalue weighted by Gasteiger charge is -2.45. The highest BCUT2D eigenvalue weighted by molar-refractivity contribution is 5.54. The van der Waals surface area contributed by atoms with Crippen LogP contribution >= 0.6 is 0 Å². The van der Waals surface area contributed by atoms with E-state index < -0.39 is 0 Å². The van der Waals surface area contributed by atoms with Crippen LogP contribution in [-0.4, -0.2) is 40.1 Å². The summed E-state index contributed by atoms with van der Waals surface area (Å²) in [7, 11) is 5.01. The second-order valence-corrected chi connectivity index (χ2v) is 8.29. The van der Waals surface area contributed by atoms with E-state index in [2.05, 4.69) is 43.4 Å². The van der Waals surface area contributed by atoms with E-state index in [1.807, 2.05) is 18.2 Å². The quantitative estimate of drug-likeness (QED) is 0.674. The molecule has 5 heteroatoms. The van der Waals surface area contributed by atoms with E-state index in [-0.39, 0.29) is 11.0 Å². The molecule has 0 spiro atoms. The van der Waals surface area contributed by atoms with E-state index in [1.54, 1.807) is 21.3 Å². The Bertz CT molecular complexity index is 803. The Hall–Kier alpha value is -2.40. The maximum Gasteiger partial charge on any atom is 0.162 e. The molecule has 0 amide bonds. The Kier molecular flexibility index (Phi) is 6.58. The van der Waals surface area contributed by atoms with Gasteiger partial charge in [-0.05, 0) is 62.9 Å². The fourth-order valence-corrected chi connectivity index (χ4v) is 4.42. The predicted molar refractivity (Wildman–Crippen MR) is 117 cm³/mol. The van der Waals surface area contributed by atoms with Gasteiger partial charge >= 0.3 is 0 Å². The van der Waals surface area contributed by atoms with Crippen molar-refractivity contribution in [2.75, 3.05) is 39.8 Å². The van der Waals surface area contributed by atoms with E-state index in [9.17, 15) is 0 Å². The second kappa shape index (κ2) is 8.95. The second-order valence-electron chi connectivity index (χ2n) is 8.29.